The SMILES string of the molecule is COC(=O)c1ccc(CNCc2ccc(C(=O)O)c(O)c2)cc1O. The largest absolute Gasteiger partial charge is 0.507 e. The summed E-state index contributed by atoms with van der Waals surface area (Å²) in [6.07, 6.45) is 0. The summed E-state index contributed by atoms with van der Waals surface area (Å²) in [5.41, 5.74) is 1.41. The predicted molar refractivity (Wildman–Crippen MR) is 85.1 cm³/mol. The van der Waals surface area contributed by atoms with E-state index in [-0.39, 0.29) is 22.6 Å². The molecule has 0 amide bonds. The molecule has 0 aliphatic heterocycles. The van der Waals surface area contributed by atoms with Gasteiger partial charge in [0.05, 0.1) is 7.11 Å². The number of ether oxygens (including phenoxy) is 1. The fourth-order valence-electron chi connectivity index (χ4n) is 2.19. The first-order valence-electron chi connectivity index (χ1n) is 7.08. The maximum Gasteiger partial charge on any atom is 0.341 e. The van der Waals surface area contributed by atoms with E-state index in [1.165, 1.54) is 31.4 Å². The Morgan fingerprint density at radius 3 is 1.88 bits per heavy atom. The number of carboxylic acids is 1. The van der Waals surface area contributed by atoms with Gasteiger partial charge in [0.15, 0.2) is 0 Å². The fourth-order valence-corrected chi connectivity index (χ4v) is 2.19. The molecule has 0 aliphatic carbocycles. The van der Waals surface area contributed by atoms with Crippen LogP contribution >= 0.6 is 0 Å². The van der Waals surface area contributed by atoms with Crippen molar-refractivity contribution < 1.29 is 29.6 Å². The minimum atomic E-state index is -1.19. The van der Waals surface area contributed by atoms with Gasteiger partial charge in [-0.3, -0.25) is 0 Å². The van der Waals surface area contributed by atoms with Gasteiger partial charge < -0.3 is 25.4 Å². The van der Waals surface area contributed by atoms with E-state index in [4.69, 9.17) is 5.11 Å². The van der Waals surface area contributed by atoms with E-state index >= 15 is 0 Å². The molecule has 0 aromatic heterocycles. The molecule has 0 saturated carbocycles. The van der Waals surface area contributed by atoms with E-state index in [0.29, 0.717) is 18.7 Å². The van der Waals surface area contributed by atoms with Crippen molar-refractivity contribution in [3.63, 3.8) is 0 Å². The molecule has 0 saturated heterocycles. The molecule has 0 atom stereocenters. The number of methoxy groups -OCH3 is 1. The maximum absolute atomic E-state index is 11.4. The second-order valence-corrected chi connectivity index (χ2v) is 5.10. The smallest absolute Gasteiger partial charge is 0.341 e. The van der Waals surface area contributed by atoms with Gasteiger partial charge in [-0.25, -0.2) is 9.59 Å². The van der Waals surface area contributed by atoms with Crippen LogP contribution in [0.5, 0.6) is 11.5 Å². The van der Waals surface area contributed by atoms with Crippen LogP contribution < -0.4 is 5.32 Å². The van der Waals surface area contributed by atoms with Gasteiger partial charge in [-0.15, -0.1) is 0 Å². The number of phenols is 2. The summed E-state index contributed by atoms with van der Waals surface area (Å²) < 4.78 is 4.55. The molecule has 2 aromatic carbocycles. The fraction of sp³-hybridized carbons (Fsp3) is 0.176. The number of phenolic OH excluding ortho intramolecular Hbond substituents is 1. The van der Waals surface area contributed by atoms with Gasteiger partial charge in [0.1, 0.15) is 22.6 Å². The topological polar surface area (TPSA) is 116 Å². The molecule has 0 bridgehead atoms. The van der Waals surface area contributed by atoms with Crippen LogP contribution in [0.1, 0.15) is 31.8 Å². The number of rotatable bonds is 6. The molecular weight excluding hydrogens is 314 g/mol. The number of esters is 1. The van der Waals surface area contributed by atoms with Crippen LogP contribution in [0.25, 0.3) is 0 Å². The van der Waals surface area contributed by atoms with Crippen molar-refractivity contribution in [3.05, 3.63) is 58.7 Å². The summed E-state index contributed by atoms with van der Waals surface area (Å²) in [7, 11) is 1.24. The highest BCUT2D eigenvalue weighted by molar-refractivity contribution is 5.92. The summed E-state index contributed by atoms with van der Waals surface area (Å²) in [5, 5.41) is 31.4. The Bertz CT molecular complexity index is 772. The Balaban J connectivity index is 1.97. The molecule has 126 valence electrons. The summed E-state index contributed by atoms with van der Waals surface area (Å²) >= 11 is 0. The zero-order chi connectivity index (χ0) is 17.7. The van der Waals surface area contributed by atoms with Gasteiger partial charge in [0.25, 0.3) is 0 Å². The van der Waals surface area contributed by atoms with E-state index in [1.807, 2.05) is 0 Å². The third-order valence-corrected chi connectivity index (χ3v) is 3.42. The van der Waals surface area contributed by atoms with Crippen molar-refractivity contribution in [2.24, 2.45) is 0 Å². The summed E-state index contributed by atoms with van der Waals surface area (Å²) in [6.45, 7) is 0.809. The van der Waals surface area contributed by atoms with Gasteiger partial charge in [-0.2, -0.15) is 0 Å². The van der Waals surface area contributed by atoms with Gasteiger partial charge in [-0.1, -0.05) is 12.1 Å². The molecule has 0 unspecified atom stereocenters. The van der Waals surface area contributed by atoms with Crippen LogP contribution in [0.15, 0.2) is 36.4 Å². The highest BCUT2D eigenvalue weighted by Crippen LogP contribution is 2.21. The summed E-state index contributed by atoms with van der Waals surface area (Å²) in [5.74, 6) is -2.25. The second kappa shape index (κ2) is 7.47. The molecule has 4 N–H and O–H groups in total. The number of hydrogen-bond acceptors (Lipinski definition) is 6. The van der Waals surface area contributed by atoms with Crippen LogP contribution in [-0.2, 0) is 17.8 Å². The normalized spacial score (nSPS) is 10.4. The Morgan fingerprint density at radius 1 is 0.958 bits per heavy atom. The van der Waals surface area contributed by atoms with Crippen LogP contribution in [-0.4, -0.2) is 34.4 Å². The van der Waals surface area contributed by atoms with Gasteiger partial charge in [0.2, 0.25) is 0 Å². The lowest BCUT2D eigenvalue weighted by Gasteiger charge is -2.09. The third-order valence-electron chi connectivity index (χ3n) is 3.42. The molecule has 0 radical (unpaired) electrons. The maximum atomic E-state index is 11.4. The monoisotopic (exact) mass is 331 g/mol. The number of aromatic hydroxyl groups is 2. The first-order chi connectivity index (χ1) is 11.4. The van der Waals surface area contributed by atoms with E-state index in [0.717, 1.165) is 5.56 Å². The standard InChI is InChI=1S/C17H17NO6/c1-24-17(23)13-5-3-11(7-15(13)20)9-18-8-10-2-4-12(16(21)22)14(19)6-10/h2-7,18-20H,8-9H2,1H3,(H,21,22). The molecule has 0 spiro atoms. The highest BCUT2D eigenvalue weighted by atomic mass is 16.5. The Labute approximate surface area is 138 Å². The Kier molecular flexibility index (Phi) is 5.39. The van der Waals surface area contributed by atoms with E-state index < -0.39 is 11.9 Å². The average molecular weight is 331 g/mol. The number of nitrogens with one attached hydrogen (secondary N) is 1. The number of carbonyl (C=O) groups excluding carboxylic acids is 1. The van der Waals surface area contributed by atoms with Gasteiger partial charge in [-0.05, 0) is 35.4 Å². The van der Waals surface area contributed by atoms with Gasteiger partial charge in [0, 0.05) is 13.1 Å². The molecule has 7 nitrogen and oxygen atoms in total. The first kappa shape index (κ1) is 17.3. The first-order valence-corrected chi connectivity index (χ1v) is 7.08. The van der Waals surface area contributed by atoms with Crippen LogP contribution in [0, 0.1) is 0 Å². The zero-order valence-corrected chi connectivity index (χ0v) is 12.9. The number of carboxylic acid groups (broad SMARTS) is 1. The molecule has 2 aromatic rings. The molecule has 7 heteroatoms. The lowest BCUT2D eigenvalue weighted by molar-refractivity contribution is 0.0596. The van der Waals surface area contributed by atoms with Crippen molar-refractivity contribution >= 4 is 11.9 Å². The van der Waals surface area contributed by atoms with Crippen LogP contribution in [0.2, 0.25) is 0 Å². The summed E-state index contributed by atoms with van der Waals surface area (Å²) in [6, 6.07) is 8.95. The van der Waals surface area contributed by atoms with Crippen molar-refractivity contribution in [1.82, 2.24) is 5.32 Å². The minimum Gasteiger partial charge on any atom is -0.507 e. The lowest BCUT2D eigenvalue weighted by atomic mass is 10.1. The molecular formula is C17H17NO6. The molecule has 2 rings (SSSR count). The molecule has 0 fully saturated rings. The lowest BCUT2D eigenvalue weighted by Crippen LogP contribution is -2.13. The Morgan fingerprint density at radius 2 is 1.46 bits per heavy atom. The van der Waals surface area contributed by atoms with E-state index in [1.54, 1.807) is 12.1 Å². The average Bonchev–Trinajstić information content (AvgIpc) is 2.54. The van der Waals surface area contributed by atoms with Crippen molar-refractivity contribution in [3.8, 4) is 11.5 Å². The van der Waals surface area contributed by atoms with Crippen LogP contribution in [0.3, 0.4) is 0 Å². The Hall–Kier alpha value is -3.06. The quantitative estimate of drug-likeness (QED) is 0.597. The number of hydrogen-bond donors (Lipinski definition) is 4. The van der Waals surface area contributed by atoms with E-state index in [9.17, 15) is 19.8 Å². The predicted octanol–water partition coefficient (Wildman–Crippen LogP) is 1.87. The summed E-state index contributed by atoms with van der Waals surface area (Å²) in [4.78, 5) is 22.2. The zero-order valence-electron chi connectivity index (χ0n) is 12.9. The molecule has 24 heavy (non-hydrogen) atoms. The number of carbonyl (C=O) groups is 2. The van der Waals surface area contributed by atoms with Gasteiger partial charge >= 0.3 is 11.9 Å². The minimum absolute atomic E-state index is 0.0930. The van der Waals surface area contributed by atoms with Crippen molar-refractivity contribution in [2.75, 3.05) is 7.11 Å². The molecule has 0 heterocycles. The van der Waals surface area contributed by atoms with Crippen molar-refractivity contribution in [1.29, 1.82) is 0 Å². The van der Waals surface area contributed by atoms with E-state index in [2.05, 4.69) is 10.1 Å². The third kappa shape index (κ3) is 4.02. The number of aromatic carboxylic acids is 1. The molecule has 0 aliphatic rings. The van der Waals surface area contributed by atoms with Crippen LogP contribution in [0.4, 0.5) is 0 Å². The number of benzene rings is 2. The second-order valence-electron chi connectivity index (χ2n) is 5.10. The highest BCUT2D eigenvalue weighted by Gasteiger charge is 2.12. The van der Waals surface area contributed by atoms with Crippen molar-refractivity contribution in [2.45, 2.75) is 13.1 Å².